The highest BCUT2D eigenvalue weighted by Crippen LogP contribution is 2.25. The molecule has 1 aromatic heterocycles. The minimum atomic E-state index is -0.284. The topological polar surface area (TPSA) is 76.1 Å². The molecule has 1 fully saturated rings. The van der Waals surface area contributed by atoms with Gasteiger partial charge in [-0.3, -0.25) is 4.79 Å². The number of nitrogens with zero attached hydrogens (tertiary/aromatic N) is 2. The molecule has 1 aliphatic rings. The number of benzene rings is 1. The maximum atomic E-state index is 12.3. The van der Waals surface area contributed by atoms with Crippen LogP contribution in [0.4, 0.5) is 11.6 Å². The van der Waals surface area contributed by atoms with Crippen molar-refractivity contribution in [2.75, 3.05) is 17.2 Å². The second-order valence-electron chi connectivity index (χ2n) is 5.07. The predicted octanol–water partition coefficient (Wildman–Crippen LogP) is 2.70. The Morgan fingerprint density at radius 2 is 2.14 bits per heavy atom. The summed E-state index contributed by atoms with van der Waals surface area (Å²) < 4.78 is 5.50. The third kappa shape index (κ3) is 3.52. The van der Waals surface area contributed by atoms with E-state index in [4.69, 9.17) is 4.74 Å². The summed E-state index contributed by atoms with van der Waals surface area (Å²) in [4.78, 5) is 20.7. The van der Waals surface area contributed by atoms with Crippen LogP contribution >= 0.6 is 0 Å². The molecule has 1 aliphatic carbocycles. The quantitative estimate of drug-likeness (QED) is 0.857. The highest BCUT2D eigenvalue weighted by atomic mass is 16.5. The number of ether oxygens (including phenoxy) is 1. The summed E-state index contributed by atoms with van der Waals surface area (Å²) in [6.07, 6.45) is 3.84. The molecule has 0 atom stereocenters. The maximum absolute atomic E-state index is 12.3. The van der Waals surface area contributed by atoms with E-state index in [0.717, 1.165) is 12.8 Å². The Balaban J connectivity index is 1.73. The largest absolute Gasteiger partial charge is 0.492 e. The molecule has 0 bridgehead atoms. The molecule has 0 radical (unpaired) electrons. The van der Waals surface area contributed by atoms with Crippen LogP contribution in [0.2, 0.25) is 0 Å². The minimum absolute atomic E-state index is 0.284. The standard InChI is InChI=1S/C16H18N4O2/c1-2-22-14-6-4-3-5-12(14)19-15(21)13-9-10-17-16(20-13)18-11-7-8-11/h3-6,9-11H,2,7-8H2,1H3,(H,19,21)(H,17,18,20). The van der Waals surface area contributed by atoms with Crippen LogP contribution < -0.4 is 15.4 Å². The molecule has 22 heavy (non-hydrogen) atoms. The highest BCUT2D eigenvalue weighted by Gasteiger charge is 2.22. The Morgan fingerprint density at radius 3 is 2.91 bits per heavy atom. The first kappa shape index (κ1) is 14.3. The fourth-order valence-electron chi connectivity index (χ4n) is 2.00. The molecule has 2 N–H and O–H groups in total. The van der Waals surface area contributed by atoms with Gasteiger partial charge in [0.1, 0.15) is 11.4 Å². The third-order valence-electron chi connectivity index (χ3n) is 3.23. The van der Waals surface area contributed by atoms with Gasteiger partial charge in [0.2, 0.25) is 5.95 Å². The molecule has 0 saturated heterocycles. The average Bonchev–Trinajstić information content (AvgIpc) is 3.34. The molecule has 6 heteroatoms. The van der Waals surface area contributed by atoms with Gasteiger partial charge < -0.3 is 15.4 Å². The number of rotatable bonds is 6. The van der Waals surface area contributed by atoms with Crippen LogP contribution in [-0.2, 0) is 0 Å². The number of nitrogens with one attached hydrogen (secondary N) is 2. The minimum Gasteiger partial charge on any atom is -0.492 e. The molecule has 6 nitrogen and oxygen atoms in total. The molecule has 0 spiro atoms. The fourth-order valence-corrected chi connectivity index (χ4v) is 2.00. The van der Waals surface area contributed by atoms with Crippen molar-refractivity contribution in [3.63, 3.8) is 0 Å². The third-order valence-corrected chi connectivity index (χ3v) is 3.23. The Labute approximate surface area is 128 Å². The molecule has 114 valence electrons. The van der Waals surface area contributed by atoms with Gasteiger partial charge in [0, 0.05) is 12.2 Å². The number of amides is 1. The predicted molar refractivity (Wildman–Crippen MR) is 84.2 cm³/mol. The Kier molecular flexibility index (Phi) is 4.18. The Bertz CT molecular complexity index is 671. The van der Waals surface area contributed by atoms with E-state index in [0.29, 0.717) is 35.7 Å². The lowest BCUT2D eigenvalue weighted by Crippen LogP contribution is -2.16. The molecule has 1 saturated carbocycles. The Hall–Kier alpha value is -2.63. The molecular weight excluding hydrogens is 280 g/mol. The van der Waals surface area contributed by atoms with Crippen molar-refractivity contribution in [1.29, 1.82) is 0 Å². The zero-order valence-electron chi connectivity index (χ0n) is 12.4. The first-order valence-corrected chi connectivity index (χ1v) is 7.39. The van der Waals surface area contributed by atoms with E-state index in [-0.39, 0.29) is 5.91 Å². The first-order valence-electron chi connectivity index (χ1n) is 7.39. The van der Waals surface area contributed by atoms with Crippen molar-refractivity contribution in [2.24, 2.45) is 0 Å². The molecule has 0 unspecified atom stereocenters. The van der Waals surface area contributed by atoms with Crippen LogP contribution in [0.1, 0.15) is 30.3 Å². The van der Waals surface area contributed by atoms with Gasteiger partial charge in [-0.1, -0.05) is 12.1 Å². The lowest BCUT2D eigenvalue weighted by molar-refractivity contribution is 0.102. The SMILES string of the molecule is CCOc1ccccc1NC(=O)c1ccnc(NC2CC2)n1. The number of carbonyl (C=O) groups is 1. The van der Waals surface area contributed by atoms with Crippen LogP contribution in [0.5, 0.6) is 5.75 Å². The summed E-state index contributed by atoms with van der Waals surface area (Å²) in [5.41, 5.74) is 0.953. The van der Waals surface area contributed by atoms with E-state index in [1.807, 2.05) is 25.1 Å². The van der Waals surface area contributed by atoms with Crippen LogP contribution in [0.3, 0.4) is 0 Å². The molecule has 2 aromatic rings. The summed E-state index contributed by atoms with van der Waals surface area (Å²) in [6.45, 7) is 2.44. The van der Waals surface area contributed by atoms with Crippen LogP contribution in [0, 0.1) is 0 Å². The highest BCUT2D eigenvalue weighted by molar-refractivity contribution is 6.03. The lowest BCUT2D eigenvalue weighted by atomic mass is 10.2. The van der Waals surface area contributed by atoms with Crippen LogP contribution in [0.15, 0.2) is 36.5 Å². The van der Waals surface area contributed by atoms with Crippen molar-refractivity contribution >= 4 is 17.5 Å². The van der Waals surface area contributed by atoms with Crippen molar-refractivity contribution < 1.29 is 9.53 Å². The summed E-state index contributed by atoms with van der Waals surface area (Å²) >= 11 is 0. The van der Waals surface area contributed by atoms with Crippen molar-refractivity contribution in [3.05, 3.63) is 42.2 Å². The zero-order valence-corrected chi connectivity index (χ0v) is 12.4. The van der Waals surface area contributed by atoms with Gasteiger partial charge in [-0.15, -0.1) is 0 Å². The zero-order chi connectivity index (χ0) is 15.4. The number of hydrogen-bond donors (Lipinski definition) is 2. The van der Waals surface area contributed by atoms with Gasteiger partial charge in [0.25, 0.3) is 5.91 Å². The normalized spacial score (nSPS) is 13.5. The number of carbonyl (C=O) groups excluding carboxylic acids is 1. The van der Waals surface area contributed by atoms with E-state index in [2.05, 4.69) is 20.6 Å². The second kappa shape index (κ2) is 6.43. The lowest BCUT2D eigenvalue weighted by Gasteiger charge is -2.11. The van der Waals surface area contributed by atoms with Gasteiger partial charge in [-0.05, 0) is 38.0 Å². The number of anilines is 2. The van der Waals surface area contributed by atoms with Gasteiger partial charge in [-0.25, -0.2) is 9.97 Å². The molecule has 0 aliphatic heterocycles. The summed E-state index contributed by atoms with van der Waals surface area (Å²) in [5, 5.41) is 6.01. The summed E-state index contributed by atoms with van der Waals surface area (Å²) in [5.74, 6) is 0.852. The second-order valence-corrected chi connectivity index (χ2v) is 5.07. The molecule has 3 rings (SSSR count). The smallest absolute Gasteiger partial charge is 0.274 e. The summed E-state index contributed by atoms with van der Waals surface area (Å²) in [6, 6.07) is 9.36. The monoisotopic (exact) mass is 298 g/mol. The van der Waals surface area contributed by atoms with E-state index in [9.17, 15) is 4.79 Å². The van der Waals surface area contributed by atoms with Crippen molar-refractivity contribution in [2.45, 2.75) is 25.8 Å². The fraction of sp³-hybridized carbons (Fsp3) is 0.312. The van der Waals surface area contributed by atoms with Crippen LogP contribution in [-0.4, -0.2) is 28.5 Å². The van der Waals surface area contributed by atoms with Crippen LogP contribution in [0.25, 0.3) is 0 Å². The Morgan fingerprint density at radius 1 is 1.32 bits per heavy atom. The van der Waals surface area contributed by atoms with Gasteiger partial charge in [0.05, 0.1) is 12.3 Å². The molecule has 1 amide bonds. The average molecular weight is 298 g/mol. The van der Waals surface area contributed by atoms with E-state index < -0.39 is 0 Å². The van der Waals surface area contributed by atoms with Gasteiger partial charge in [0.15, 0.2) is 0 Å². The molecular formula is C16H18N4O2. The molecule has 1 heterocycles. The van der Waals surface area contributed by atoms with Crippen molar-refractivity contribution in [1.82, 2.24) is 9.97 Å². The molecule has 1 aromatic carbocycles. The maximum Gasteiger partial charge on any atom is 0.274 e. The van der Waals surface area contributed by atoms with Gasteiger partial charge in [-0.2, -0.15) is 0 Å². The number of para-hydroxylation sites is 2. The van der Waals surface area contributed by atoms with Gasteiger partial charge >= 0.3 is 0 Å². The summed E-state index contributed by atoms with van der Waals surface area (Å²) in [7, 11) is 0. The van der Waals surface area contributed by atoms with E-state index in [1.165, 1.54) is 0 Å². The van der Waals surface area contributed by atoms with E-state index >= 15 is 0 Å². The number of hydrogen-bond acceptors (Lipinski definition) is 5. The first-order chi connectivity index (χ1) is 10.8. The van der Waals surface area contributed by atoms with E-state index in [1.54, 1.807) is 18.3 Å². The number of aromatic nitrogens is 2. The van der Waals surface area contributed by atoms with Crippen molar-refractivity contribution in [3.8, 4) is 5.75 Å².